The molecule has 0 heterocycles. The maximum absolute atomic E-state index is 12.0. The summed E-state index contributed by atoms with van der Waals surface area (Å²) in [7, 11) is 0. The molecule has 142 valence electrons. The average Bonchev–Trinajstić information content (AvgIpc) is 2.93. The minimum absolute atomic E-state index is 0.0836. The lowest BCUT2D eigenvalue weighted by Crippen LogP contribution is -2.14. The Morgan fingerprint density at radius 2 is 1.68 bits per heavy atom. The van der Waals surface area contributed by atoms with E-state index < -0.39 is 5.97 Å². The van der Waals surface area contributed by atoms with E-state index >= 15 is 0 Å². The molecule has 0 bridgehead atoms. The number of ketones is 1. The molecule has 0 fully saturated rings. The zero-order valence-electron chi connectivity index (χ0n) is 15.4. The summed E-state index contributed by atoms with van der Waals surface area (Å²) >= 11 is 0. The molecule has 1 aliphatic carbocycles. The van der Waals surface area contributed by atoms with Crippen molar-refractivity contribution in [2.45, 2.75) is 77.0 Å². The van der Waals surface area contributed by atoms with Gasteiger partial charge in [0.1, 0.15) is 0 Å². The Morgan fingerprint density at radius 3 is 2.44 bits per heavy atom. The van der Waals surface area contributed by atoms with Gasteiger partial charge >= 0.3 is 5.97 Å². The summed E-state index contributed by atoms with van der Waals surface area (Å²) in [6.07, 6.45) is 19.5. The number of carbonyl (C=O) groups is 2. The summed E-state index contributed by atoms with van der Waals surface area (Å²) in [6, 6.07) is 0. The van der Waals surface area contributed by atoms with Crippen LogP contribution in [-0.2, 0) is 9.59 Å². The van der Waals surface area contributed by atoms with Crippen LogP contribution in [0.25, 0.3) is 0 Å². The van der Waals surface area contributed by atoms with Crippen LogP contribution in [0.5, 0.6) is 0 Å². The van der Waals surface area contributed by atoms with E-state index in [-0.39, 0.29) is 24.0 Å². The molecule has 25 heavy (non-hydrogen) atoms. The number of allylic oxidation sites excluding steroid dienone is 4. The summed E-state index contributed by atoms with van der Waals surface area (Å²) in [5.74, 6) is -0.167. The van der Waals surface area contributed by atoms with Gasteiger partial charge in [0.2, 0.25) is 0 Å². The monoisotopic (exact) mass is 350 g/mol. The molecule has 1 aliphatic rings. The molecule has 0 aromatic heterocycles. The topological polar surface area (TPSA) is 74.6 Å². The predicted molar refractivity (Wildman–Crippen MR) is 100 cm³/mol. The normalized spacial score (nSPS) is 20.0. The third kappa shape index (κ3) is 10.2. The van der Waals surface area contributed by atoms with Crippen molar-refractivity contribution in [2.75, 3.05) is 6.61 Å². The number of hydrogen-bond acceptors (Lipinski definition) is 3. The Labute approximate surface area is 152 Å². The first-order chi connectivity index (χ1) is 12.1. The number of hydrogen-bond donors (Lipinski definition) is 2. The van der Waals surface area contributed by atoms with Gasteiger partial charge < -0.3 is 10.2 Å². The van der Waals surface area contributed by atoms with Crippen LogP contribution < -0.4 is 0 Å². The van der Waals surface area contributed by atoms with Gasteiger partial charge in [-0.2, -0.15) is 0 Å². The molecule has 1 rings (SSSR count). The standard InChI is InChI=1S/C21H34O4/c22-17-11-7-3-1-2-4-8-12-18-15-16-20(23)19(18)13-9-5-6-10-14-21(24)25/h8,12,15-16,18-19,22H,1-7,9-11,13-14,17H2,(H,24,25)/b12-8+/t18-,19+/m0/s1. The number of rotatable bonds is 15. The highest BCUT2D eigenvalue weighted by atomic mass is 16.4. The van der Waals surface area contributed by atoms with Gasteiger partial charge in [-0.15, -0.1) is 0 Å². The van der Waals surface area contributed by atoms with Gasteiger partial charge in [0.25, 0.3) is 0 Å². The Kier molecular flexibility index (Phi) is 12.0. The lowest BCUT2D eigenvalue weighted by Gasteiger charge is -2.14. The number of carboxylic acid groups (broad SMARTS) is 1. The maximum atomic E-state index is 12.0. The molecule has 0 unspecified atom stereocenters. The Hall–Kier alpha value is -1.42. The zero-order chi connectivity index (χ0) is 18.3. The SMILES string of the molecule is O=C(O)CCCCCC[C@H]1C(=O)C=C[C@@H]1/C=C/CCCCCCCO. The first-order valence-electron chi connectivity index (χ1n) is 9.86. The van der Waals surface area contributed by atoms with Crippen LogP contribution in [0.15, 0.2) is 24.3 Å². The van der Waals surface area contributed by atoms with Gasteiger partial charge in [-0.25, -0.2) is 0 Å². The fourth-order valence-electron chi connectivity index (χ4n) is 3.34. The van der Waals surface area contributed by atoms with Crippen molar-refractivity contribution in [3.8, 4) is 0 Å². The first-order valence-corrected chi connectivity index (χ1v) is 9.86. The molecular formula is C21H34O4. The number of aliphatic hydroxyl groups excluding tert-OH is 1. The van der Waals surface area contributed by atoms with Gasteiger partial charge in [0, 0.05) is 24.9 Å². The van der Waals surface area contributed by atoms with Crippen LogP contribution in [0, 0.1) is 11.8 Å². The van der Waals surface area contributed by atoms with Crippen molar-refractivity contribution in [3.63, 3.8) is 0 Å². The van der Waals surface area contributed by atoms with Gasteiger partial charge in [-0.05, 0) is 38.2 Å². The van der Waals surface area contributed by atoms with Gasteiger partial charge in [0.15, 0.2) is 5.78 Å². The van der Waals surface area contributed by atoms with Gasteiger partial charge in [-0.3, -0.25) is 9.59 Å². The van der Waals surface area contributed by atoms with Crippen LogP contribution >= 0.6 is 0 Å². The lowest BCUT2D eigenvalue weighted by atomic mass is 9.88. The van der Waals surface area contributed by atoms with Crippen LogP contribution in [0.1, 0.15) is 77.0 Å². The number of aliphatic carboxylic acids is 1. The number of unbranched alkanes of at least 4 members (excludes halogenated alkanes) is 8. The third-order valence-electron chi connectivity index (χ3n) is 4.86. The summed E-state index contributed by atoms with van der Waals surface area (Å²) in [5.41, 5.74) is 0. The fourth-order valence-corrected chi connectivity index (χ4v) is 3.34. The van der Waals surface area contributed by atoms with E-state index in [2.05, 4.69) is 12.2 Å². The van der Waals surface area contributed by atoms with Crippen LogP contribution in [0.4, 0.5) is 0 Å². The number of carboxylic acids is 1. The third-order valence-corrected chi connectivity index (χ3v) is 4.86. The zero-order valence-corrected chi connectivity index (χ0v) is 15.4. The molecule has 0 saturated carbocycles. The number of aliphatic hydroxyl groups is 1. The van der Waals surface area contributed by atoms with E-state index in [9.17, 15) is 9.59 Å². The highest BCUT2D eigenvalue weighted by Crippen LogP contribution is 2.29. The largest absolute Gasteiger partial charge is 0.481 e. The van der Waals surface area contributed by atoms with E-state index in [0.717, 1.165) is 51.4 Å². The van der Waals surface area contributed by atoms with E-state index in [1.54, 1.807) is 6.08 Å². The van der Waals surface area contributed by atoms with Crippen LogP contribution in [0.3, 0.4) is 0 Å². The van der Waals surface area contributed by atoms with Crippen LogP contribution in [-0.4, -0.2) is 28.6 Å². The van der Waals surface area contributed by atoms with Crippen molar-refractivity contribution in [2.24, 2.45) is 11.8 Å². The molecule has 0 radical (unpaired) electrons. The van der Waals surface area contributed by atoms with E-state index in [4.69, 9.17) is 10.2 Å². The average molecular weight is 350 g/mol. The number of carbonyl (C=O) groups excluding carboxylic acids is 1. The second kappa shape index (κ2) is 13.8. The van der Waals surface area contributed by atoms with E-state index in [1.807, 2.05) is 6.08 Å². The van der Waals surface area contributed by atoms with Gasteiger partial charge in [0.05, 0.1) is 0 Å². The Bertz CT molecular complexity index is 439. The van der Waals surface area contributed by atoms with Crippen molar-refractivity contribution in [3.05, 3.63) is 24.3 Å². The molecule has 0 aliphatic heterocycles. The summed E-state index contributed by atoms with van der Waals surface area (Å²) in [4.78, 5) is 22.5. The first kappa shape index (κ1) is 21.6. The maximum Gasteiger partial charge on any atom is 0.303 e. The molecule has 2 N–H and O–H groups in total. The van der Waals surface area contributed by atoms with Crippen molar-refractivity contribution in [1.82, 2.24) is 0 Å². The smallest absolute Gasteiger partial charge is 0.303 e. The second-order valence-corrected chi connectivity index (χ2v) is 7.00. The van der Waals surface area contributed by atoms with Crippen molar-refractivity contribution >= 4 is 11.8 Å². The predicted octanol–water partition coefficient (Wildman–Crippen LogP) is 4.67. The second-order valence-electron chi connectivity index (χ2n) is 7.00. The fraction of sp³-hybridized carbons (Fsp3) is 0.714. The Morgan fingerprint density at radius 1 is 1.00 bits per heavy atom. The van der Waals surface area contributed by atoms with Crippen LogP contribution in [0.2, 0.25) is 0 Å². The van der Waals surface area contributed by atoms with Crippen molar-refractivity contribution in [1.29, 1.82) is 0 Å². The molecular weight excluding hydrogens is 316 g/mol. The minimum atomic E-state index is -0.728. The quantitative estimate of drug-likeness (QED) is 0.332. The molecule has 0 aromatic rings. The summed E-state index contributed by atoms with van der Waals surface area (Å²) in [5, 5.41) is 17.3. The van der Waals surface area contributed by atoms with E-state index in [0.29, 0.717) is 6.61 Å². The summed E-state index contributed by atoms with van der Waals surface area (Å²) < 4.78 is 0. The molecule has 2 atom stereocenters. The minimum Gasteiger partial charge on any atom is -0.481 e. The highest BCUT2D eigenvalue weighted by Gasteiger charge is 2.27. The molecule has 0 aromatic carbocycles. The lowest BCUT2D eigenvalue weighted by molar-refractivity contribution is -0.137. The van der Waals surface area contributed by atoms with Gasteiger partial charge in [-0.1, -0.05) is 56.8 Å². The molecule has 4 heteroatoms. The molecule has 0 amide bonds. The molecule has 0 spiro atoms. The Balaban J connectivity index is 2.15. The summed E-state index contributed by atoms with van der Waals surface area (Å²) in [6.45, 7) is 0.295. The van der Waals surface area contributed by atoms with Crippen molar-refractivity contribution < 1.29 is 19.8 Å². The molecule has 0 saturated heterocycles. The molecule has 4 nitrogen and oxygen atoms in total. The van der Waals surface area contributed by atoms with E-state index in [1.165, 1.54) is 19.3 Å². The highest BCUT2D eigenvalue weighted by molar-refractivity contribution is 5.94.